The molecule has 0 aliphatic rings. The van der Waals surface area contributed by atoms with Crippen LogP contribution in [0.3, 0.4) is 0 Å². The number of pyridine rings is 1. The molecule has 5 nitrogen and oxygen atoms in total. The number of hydrogen-bond donors (Lipinski definition) is 0. The van der Waals surface area contributed by atoms with Crippen LogP contribution in [0, 0.1) is 0 Å². The SMILES string of the molecule is c1ccc(Cn2ccc(-c3cnccn3)n2)nc1. The molecule has 0 N–H and O–H groups in total. The van der Waals surface area contributed by atoms with E-state index in [0.717, 1.165) is 17.1 Å². The second-order valence-corrected chi connectivity index (χ2v) is 3.81. The van der Waals surface area contributed by atoms with Crippen LogP contribution in [0.25, 0.3) is 11.4 Å². The monoisotopic (exact) mass is 237 g/mol. The van der Waals surface area contributed by atoms with E-state index in [1.807, 2.05) is 35.1 Å². The third kappa shape index (κ3) is 2.24. The van der Waals surface area contributed by atoms with Gasteiger partial charge in [0.2, 0.25) is 0 Å². The molecule has 0 aliphatic heterocycles. The summed E-state index contributed by atoms with van der Waals surface area (Å²) < 4.78 is 1.84. The van der Waals surface area contributed by atoms with Crippen LogP contribution < -0.4 is 0 Å². The molecule has 3 aromatic heterocycles. The Morgan fingerprint density at radius 1 is 0.944 bits per heavy atom. The second kappa shape index (κ2) is 4.75. The van der Waals surface area contributed by atoms with Crippen molar-refractivity contribution in [1.29, 1.82) is 0 Å². The maximum absolute atomic E-state index is 4.45. The lowest BCUT2D eigenvalue weighted by Crippen LogP contribution is -2.02. The molecule has 0 radical (unpaired) electrons. The summed E-state index contributed by atoms with van der Waals surface area (Å²) in [4.78, 5) is 12.5. The van der Waals surface area contributed by atoms with Crippen molar-refractivity contribution in [2.45, 2.75) is 6.54 Å². The van der Waals surface area contributed by atoms with Crippen LogP contribution in [0.2, 0.25) is 0 Å². The van der Waals surface area contributed by atoms with E-state index < -0.39 is 0 Å². The number of nitrogens with zero attached hydrogens (tertiary/aromatic N) is 5. The van der Waals surface area contributed by atoms with E-state index in [9.17, 15) is 0 Å². The minimum Gasteiger partial charge on any atom is -0.266 e. The average Bonchev–Trinajstić information content (AvgIpc) is 2.89. The molecule has 0 saturated heterocycles. The molecule has 0 amide bonds. The second-order valence-electron chi connectivity index (χ2n) is 3.81. The summed E-state index contributed by atoms with van der Waals surface area (Å²) in [5.74, 6) is 0. The molecule has 0 fully saturated rings. The van der Waals surface area contributed by atoms with Crippen molar-refractivity contribution >= 4 is 0 Å². The van der Waals surface area contributed by atoms with Gasteiger partial charge in [0.05, 0.1) is 18.4 Å². The highest BCUT2D eigenvalue weighted by atomic mass is 15.3. The Hall–Kier alpha value is -2.56. The first kappa shape index (κ1) is 10.6. The fourth-order valence-corrected chi connectivity index (χ4v) is 1.68. The van der Waals surface area contributed by atoms with Crippen LogP contribution in [0.15, 0.2) is 55.2 Å². The van der Waals surface area contributed by atoms with E-state index in [1.165, 1.54) is 0 Å². The summed E-state index contributed by atoms with van der Waals surface area (Å²) in [7, 11) is 0. The Morgan fingerprint density at radius 2 is 1.94 bits per heavy atom. The van der Waals surface area contributed by atoms with Gasteiger partial charge < -0.3 is 0 Å². The molecular formula is C13H11N5. The lowest BCUT2D eigenvalue weighted by molar-refractivity contribution is 0.674. The number of hydrogen-bond acceptors (Lipinski definition) is 4. The fraction of sp³-hybridized carbons (Fsp3) is 0.0769. The third-order valence-corrected chi connectivity index (χ3v) is 2.52. The number of rotatable bonds is 3. The predicted octanol–water partition coefficient (Wildman–Crippen LogP) is 1.78. The summed E-state index contributed by atoms with van der Waals surface area (Å²) in [5, 5.41) is 4.45. The van der Waals surface area contributed by atoms with Gasteiger partial charge in [-0.25, -0.2) is 0 Å². The standard InChI is InChI=1S/C13H11N5/c1-2-5-15-11(3-1)10-18-8-4-12(17-18)13-9-14-6-7-16-13/h1-9H,10H2. The summed E-state index contributed by atoms with van der Waals surface area (Å²) in [6.07, 6.45) is 8.70. The van der Waals surface area contributed by atoms with Crippen molar-refractivity contribution in [2.24, 2.45) is 0 Å². The molecule has 0 unspecified atom stereocenters. The molecule has 0 saturated carbocycles. The van der Waals surface area contributed by atoms with Gasteiger partial charge in [-0.2, -0.15) is 5.10 Å². The maximum Gasteiger partial charge on any atom is 0.112 e. The zero-order valence-electron chi connectivity index (χ0n) is 9.64. The van der Waals surface area contributed by atoms with Crippen LogP contribution in [0.1, 0.15) is 5.69 Å². The first-order valence-corrected chi connectivity index (χ1v) is 5.61. The van der Waals surface area contributed by atoms with Gasteiger partial charge in [0, 0.05) is 24.8 Å². The Bertz CT molecular complexity index is 618. The van der Waals surface area contributed by atoms with E-state index >= 15 is 0 Å². The van der Waals surface area contributed by atoms with Crippen LogP contribution in [0.4, 0.5) is 0 Å². The van der Waals surface area contributed by atoms with Crippen molar-refractivity contribution in [3.8, 4) is 11.4 Å². The molecule has 0 spiro atoms. The van der Waals surface area contributed by atoms with E-state index in [1.54, 1.807) is 24.8 Å². The Labute approximate surface area is 104 Å². The molecular weight excluding hydrogens is 226 g/mol. The van der Waals surface area contributed by atoms with E-state index in [2.05, 4.69) is 20.1 Å². The van der Waals surface area contributed by atoms with Crippen LogP contribution in [-0.4, -0.2) is 24.7 Å². The molecule has 0 bridgehead atoms. The molecule has 88 valence electrons. The summed E-state index contributed by atoms with van der Waals surface area (Å²) in [6.45, 7) is 0.654. The van der Waals surface area contributed by atoms with Gasteiger partial charge in [-0.05, 0) is 18.2 Å². The molecule has 3 aromatic rings. The molecule has 3 rings (SSSR count). The zero-order chi connectivity index (χ0) is 12.2. The minimum absolute atomic E-state index is 0.654. The van der Waals surface area contributed by atoms with Crippen molar-refractivity contribution in [1.82, 2.24) is 24.7 Å². The van der Waals surface area contributed by atoms with Gasteiger partial charge >= 0.3 is 0 Å². The average molecular weight is 237 g/mol. The molecule has 0 aliphatic carbocycles. The summed E-state index contributed by atoms with van der Waals surface area (Å²) in [5.41, 5.74) is 2.57. The van der Waals surface area contributed by atoms with Crippen LogP contribution >= 0.6 is 0 Å². The smallest absolute Gasteiger partial charge is 0.112 e. The Kier molecular flexibility index (Phi) is 2.79. The third-order valence-electron chi connectivity index (χ3n) is 2.52. The number of aromatic nitrogens is 5. The largest absolute Gasteiger partial charge is 0.266 e. The minimum atomic E-state index is 0.654. The van der Waals surface area contributed by atoms with E-state index in [4.69, 9.17) is 0 Å². The van der Waals surface area contributed by atoms with Gasteiger partial charge in [-0.3, -0.25) is 19.6 Å². The molecule has 0 atom stereocenters. The fourth-order valence-electron chi connectivity index (χ4n) is 1.68. The van der Waals surface area contributed by atoms with Crippen molar-refractivity contribution < 1.29 is 0 Å². The lowest BCUT2D eigenvalue weighted by atomic mass is 10.3. The van der Waals surface area contributed by atoms with E-state index in [0.29, 0.717) is 6.54 Å². The molecule has 3 heterocycles. The van der Waals surface area contributed by atoms with Crippen molar-refractivity contribution in [3.63, 3.8) is 0 Å². The van der Waals surface area contributed by atoms with Gasteiger partial charge in [-0.15, -0.1) is 0 Å². The zero-order valence-corrected chi connectivity index (χ0v) is 9.64. The summed E-state index contributed by atoms with van der Waals surface area (Å²) in [6, 6.07) is 7.77. The Balaban J connectivity index is 1.82. The molecule has 5 heteroatoms. The summed E-state index contributed by atoms with van der Waals surface area (Å²) >= 11 is 0. The lowest BCUT2D eigenvalue weighted by Gasteiger charge is -2.00. The van der Waals surface area contributed by atoms with Gasteiger partial charge in [0.1, 0.15) is 11.4 Å². The normalized spacial score (nSPS) is 10.4. The highest BCUT2D eigenvalue weighted by molar-refractivity contribution is 5.51. The molecule has 0 aromatic carbocycles. The highest BCUT2D eigenvalue weighted by Gasteiger charge is 2.04. The van der Waals surface area contributed by atoms with Crippen LogP contribution in [0.5, 0.6) is 0 Å². The first-order valence-electron chi connectivity index (χ1n) is 5.61. The van der Waals surface area contributed by atoms with Gasteiger partial charge in [0.25, 0.3) is 0 Å². The maximum atomic E-state index is 4.45. The highest BCUT2D eigenvalue weighted by Crippen LogP contribution is 2.12. The van der Waals surface area contributed by atoms with Crippen LogP contribution in [-0.2, 0) is 6.54 Å². The Morgan fingerprint density at radius 3 is 2.72 bits per heavy atom. The topological polar surface area (TPSA) is 56.5 Å². The predicted molar refractivity (Wildman–Crippen MR) is 66.6 cm³/mol. The van der Waals surface area contributed by atoms with Gasteiger partial charge in [0.15, 0.2) is 0 Å². The quantitative estimate of drug-likeness (QED) is 0.696. The van der Waals surface area contributed by atoms with E-state index in [-0.39, 0.29) is 0 Å². The first-order chi connectivity index (χ1) is 8.92. The van der Waals surface area contributed by atoms with Gasteiger partial charge in [-0.1, -0.05) is 6.07 Å². The van der Waals surface area contributed by atoms with Crippen molar-refractivity contribution in [2.75, 3.05) is 0 Å². The van der Waals surface area contributed by atoms with Crippen molar-refractivity contribution in [3.05, 3.63) is 60.9 Å². The molecule has 18 heavy (non-hydrogen) atoms.